The molecule has 6 heteroatoms. The summed E-state index contributed by atoms with van der Waals surface area (Å²) < 4.78 is 5.88. The first kappa shape index (κ1) is 15.1. The molecule has 116 valence electrons. The summed E-state index contributed by atoms with van der Waals surface area (Å²) >= 11 is 5.93. The topological polar surface area (TPSA) is 73.1 Å². The zero-order valence-corrected chi connectivity index (χ0v) is 13.2. The first-order chi connectivity index (χ1) is 11.2. The molecule has 0 amide bonds. The van der Waals surface area contributed by atoms with Crippen molar-refractivity contribution in [2.45, 2.75) is 0 Å². The molecule has 0 aliphatic rings. The molecule has 0 bridgehead atoms. The Labute approximate surface area is 139 Å². The lowest BCUT2D eigenvalue weighted by Crippen LogP contribution is -1.95. The molecule has 3 aromatic rings. The van der Waals surface area contributed by atoms with Crippen molar-refractivity contribution in [2.75, 3.05) is 18.1 Å². The Morgan fingerprint density at radius 2 is 1.96 bits per heavy atom. The van der Waals surface area contributed by atoms with Gasteiger partial charge < -0.3 is 15.8 Å². The normalized spacial score (nSPS) is 10.3. The Bertz CT molecular complexity index is 838. The van der Waals surface area contributed by atoms with Crippen LogP contribution in [0.15, 0.2) is 54.9 Å². The Hall–Kier alpha value is -2.79. The van der Waals surface area contributed by atoms with Gasteiger partial charge in [-0.2, -0.15) is 0 Å². The highest BCUT2D eigenvalue weighted by Crippen LogP contribution is 2.33. The lowest BCUT2D eigenvalue weighted by molar-refractivity contribution is 0.465. The summed E-state index contributed by atoms with van der Waals surface area (Å²) in [5, 5.41) is 3.51. The summed E-state index contributed by atoms with van der Waals surface area (Å²) in [6.45, 7) is 0. The number of hydrogen-bond acceptors (Lipinski definition) is 5. The lowest BCUT2D eigenvalue weighted by Gasteiger charge is -2.11. The van der Waals surface area contributed by atoms with Crippen molar-refractivity contribution in [3.05, 3.63) is 59.9 Å². The minimum atomic E-state index is 0.461. The van der Waals surface area contributed by atoms with E-state index in [0.29, 0.717) is 22.3 Å². The van der Waals surface area contributed by atoms with Crippen molar-refractivity contribution in [1.29, 1.82) is 0 Å². The number of pyridine rings is 2. The highest BCUT2D eigenvalue weighted by molar-refractivity contribution is 6.33. The van der Waals surface area contributed by atoms with Gasteiger partial charge in [0.15, 0.2) is 0 Å². The smallest absolute Gasteiger partial charge is 0.227 e. The van der Waals surface area contributed by atoms with E-state index >= 15 is 0 Å². The maximum Gasteiger partial charge on any atom is 0.227 e. The summed E-state index contributed by atoms with van der Waals surface area (Å²) in [7, 11) is 1.82. The fourth-order valence-corrected chi connectivity index (χ4v) is 2.24. The lowest BCUT2D eigenvalue weighted by atomic mass is 10.1. The number of benzene rings is 1. The minimum absolute atomic E-state index is 0.461. The van der Waals surface area contributed by atoms with E-state index in [0.717, 1.165) is 16.9 Å². The quantitative estimate of drug-likeness (QED) is 0.702. The second-order valence-electron chi connectivity index (χ2n) is 4.82. The number of rotatable bonds is 4. The van der Waals surface area contributed by atoms with Gasteiger partial charge in [-0.15, -0.1) is 0 Å². The third kappa shape index (κ3) is 3.35. The molecule has 1 aromatic carbocycles. The number of hydrogen-bond donors (Lipinski definition) is 2. The van der Waals surface area contributed by atoms with Gasteiger partial charge in [0, 0.05) is 31.1 Å². The largest absolute Gasteiger partial charge is 0.438 e. The standard InChI is InChI=1S/C17H15ClN4O/c1-20-16-9-11(6-8-21-16)13-3-2-7-22-17(13)23-12-4-5-14(18)15(19)10-12/h2-10H,19H2,1H3,(H,20,21). The molecule has 0 spiro atoms. The van der Waals surface area contributed by atoms with E-state index in [1.165, 1.54) is 0 Å². The molecule has 5 nitrogen and oxygen atoms in total. The van der Waals surface area contributed by atoms with Crippen molar-refractivity contribution in [3.63, 3.8) is 0 Å². The van der Waals surface area contributed by atoms with Crippen LogP contribution in [0, 0.1) is 0 Å². The molecule has 0 atom stereocenters. The molecule has 23 heavy (non-hydrogen) atoms. The second-order valence-corrected chi connectivity index (χ2v) is 5.23. The third-order valence-corrected chi connectivity index (χ3v) is 3.62. The van der Waals surface area contributed by atoms with Crippen molar-refractivity contribution >= 4 is 23.1 Å². The zero-order valence-electron chi connectivity index (χ0n) is 12.5. The molecule has 2 aromatic heterocycles. The van der Waals surface area contributed by atoms with E-state index in [1.54, 1.807) is 30.6 Å². The maximum atomic E-state index is 5.93. The number of anilines is 2. The van der Waals surface area contributed by atoms with Crippen LogP contribution in [0.3, 0.4) is 0 Å². The third-order valence-electron chi connectivity index (χ3n) is 3.28. The highest BCUT2D eigenvalue weighted by atomic mass is 35.5. The molecule has 0 aliphatic heterocycles. The van der Waals surface area contributed by atoms with Crippen molar-refractivity contribution in [2.24, 2.45) is 0 Å². The summed E-state index contributed by atoms with van der Waals surface area (Å²) in [6, 6.07) is 12.8. The van der Waals surface area contributed by atoms with Crippen LogP contribution in [0.4, 0.5) is 11.5 Å². The molecule has 0 radical (unpaired) electrons. The first-order valence-electron chi connectivity index (χ1n) is 6.99. The predicted molar refractivity (Wildman–Crippen MR) is 93.0 cm³/mol. The van der Waals surface area contributed by atoms with Gasteiger partial charge in [-0.25, -0.2) is 9.97 Å². The number of nitrogens with zero attached hydrogens (tertiary/aromatic N) is 2. The molecule has 0 saturated heterocycles. The van der Waals surface area contributed by atoms with Gasteiger partial charge in [0.05, 0.1) is 10.7 Å². The van der Waals surface area contributed by atoms with E-state index < -0.39 is 0 Å². The van der Waals surface area contributed by atoms with Crippen LogP contribution in [0.1, 0.15) is 0 Å². The molecule has 0 saturated carbocycles. The summed E-state index contributed by atoms with van der Waals surface area (Å²) in [5.41, 5.74) is 8.09. The Kier molecular flexibility index (Phi) is 4.30. The molecular formula is C17H15ClN4O. The van der Waals surface area contributed by atoms with Crippen LogP contribution in [0.25, 0.3) is 11.1 Å². The van der Waals surface area contributed by atoms with E-state index in [1.807, 2.05) is 31.3 Å². The van der Waals surface area contributed by atoms with Crippen LogP contribution < -0.4 is 15.8 Å². The maximum absolute atomic E-state index is 5.93. The number of halogens is 1. The fraction of sp³-hybridized carbons (Fsp3) is 0.0588. The molecule has 0 fully saturated rings. The van der Waals surface area contributed by atoms with Crippen LogP contribution >= 0.6 is 11.6 Å². The minimum Gasteiger partial charge on any atom is -0.438 e. The van der Waals surface area contributed by atoms with Gasteiger partial charge in [-0.3, -0.25) is 0 Å². The Morgan fingerprint density at radius 1 is 1.09 bits per heavy atom. The monoisotopic (exact) mass is 326 g/mol. The van der Waals surface area contributed by atoms with Crippen LogP contribution in [-0.4, -0.2) is 17.0 Å². The summed E-state index contributed by atoms with van der Waals surface area (Å²) in [6.07, 6.45) is 3.41. The summed E-state index contributed by atoms with van der Waals surface area (Å²) in [4.78, 5) is 8.54. The molecule has 2 heterocycles. The van der Waals surface area contributed by atoms with Crippen molar-refractivity contribution in [1.82, 2.24) is 9.97 Å². The number of ether oxygens (including phenoxy) is 1. The SMILES string of the molecule is CNc1cc(-c2cccnc2Oc2ccc(Cl)c(N)c2)ccn1. The predicted octanol–water partition coefficient (Wildman–Crippen LogP) is 4.21. The first-order valence-corrected chi connectivity index (χ1v) is 7.37. The fourth-order valence-electron chi connectivity index (χ4n) is 2.12. The molecule has 3 rings (SSSR count). The Morgan fingerprint density at radius 3 is 2.74 bits per heavy atom. The molecule has 0 unspecified atom stereocenters. The summed E-state index contributed by atoms with van der Waals surface area (Å²) in [5.74, 6) is 1.84. The average Bonchev–Trinajstić information content (AvgIpc) is 2.59. The van der Waals surface area contributed by atoms with Gasteiger partial charge in [-0.1, -0.05) is 11.6 Å². The van der Waals surface area contributed by atoms with Gasteiger partial charge in [0.2, 0.25) is 5.88 Å². The van der Waals surface area contributed by atoms with Crippen LogP contribution in [0.2, 0.25) is 5.02 Å². The van der Waals surface area contributed by atoms with E-state index in [2.05, 4.69) is 15.3 Å². The van der Waals surface area contributed by atoms with Crippen molar-refractivity contribution < 1.29 is 4.74 Å². The van der Waals surface area contributed by atoms with Crippen LogP contribution in [0.5, 0.6) is 11.6 Å². The van der Waals surface area contributed by atoms with Gasteiger partial charge in [0.1, 0.15) is 11.6 Å². The number of aromatic nitrogens is 2. The molecule has 0 aliphatic carbocycles. The average molecular weight is 327 g/mol. The van der Waals surface area contributed by atoms with E-state index in [-0.39, 0.29) is 0 Å². The van der Waals surface area contributed by atoms with Gasteiger partial charge in [-0.05, 0) is 42.0 Å². The number of nitrogens with two attached hydrogens (primary N) is 1. The molecule has 3 N–H and O–H groups in total. The highest BCUT2D eigenvalue weighted by Gasteiger charge is 2.10. The molecular weight excluding hydrogens is 312 g/mol. The van der Waals surface area contributed by atoms with Gasteiger partial charge in [0.25, 0.3) is 0 Å². The van der Waals surface area contributed by atoms with Crippen LogP contribution in [-0.2, 0) is 0 Å². The zero-order chi connectivity index (χ0) is 16.2. The number of nitrogens with one attached hydrogen (secondary N) is 1. The van der Waals surface area contributed by atoms with Crippen molar-refractivity contribution in [3.8, 4) is 22.8 Å². The van der Waals surface area contributed by atoms with Gasteiger partial charge >= 0.3 is 0 Å². The second kappa shape index (κ2) is 6.54. The van der Waals surface area contributed by atoms with E-state index in [4.69, 9.17) is 22.1 Å². The van der Waals surface area contributed by atoms with E-state index in [9.17, 15) is 0 Å². The number of nitrogen functional groups attached to an aromatic ring is 1. The Balaban J connectivity index is 1.98.